The highest BCUT2D eigenvalue weighted by molar-refractivity contribution is 5.86. The van der Waals surface area contributed by atoms with Crippen LogP contribution in [0.2, 0.25) is 0 Å². The van der Waals surface area contributed by atoms with Crippen molar-refractivity contribution in [1.82, 2.24) is 10.2 Å². The van der Waals surface area contributed by atoms with E-state index in [9.17, 15) is 9.59 Å². The summed E-state index contributed by atoms with van der Waals surface area (Å²) in [4.78, 5) is 24.8. The topological polar surface area (TPSA) is 95.7 Å². The summed E-state index contributed by atoms with van der Waals surface area (Å²) < 4.78 is 0. The van der Waals surface area contributed by atoms with Crippen LogP contribution in [0.15, 0.2) is 54.1 Å². The normalized spacial score (nSPS) is 17.3. The Morgan fingerprint density at radius 1 is 0.935 bits per heavy atom. The molecular formula is C25H29N3O3. The van der Waals surface area contributed by atoms with E-state index in [0.29, 0.717) is 6.54 Å². The van der Waals surface area contributed by atoms with Crippen LogP contribution < -0.4 is 11.1 Å². The molecule has 0 bridgehead atoms. The summed E-state index contributed by atoms with van der Waals surface area (Å²) in [6.07, 6.45) is 3.97. The smallest absolute Gasteiger partial charge is 0.322 e. The van der Waals surface area contributed by atoms with E-state index >= 15 is 0 Å². The number of nitrogens with zero attached hydrogens (tertiary/aromatic N) is 1. The maximum absolute atomic E-state index is 12.0. The monoisotopic (exact) mass is 419 g/mol. The van der Waals surface area contributed by atoms with Gasteiger partial charge in [0, 0.05) is 19.6 Å². The molecule has 0 unspecified atom stereocenters. The Morgan fingerprint density at radius 2 is 1.48 bits per heavy atom. The zero-order valence-electron chi connectivity index (χ0n) is 17.6. The molecule has 4 N–H and O–H groups in total. The second kappa shape index (κ2) is 9.45. The number of piperidine rings is 1. The fourth-order valence-corrected chi connectivity index (χ4v) is 4.67. The predicted molar refractivity (Wildman–Crippen MR) is 121 cm³/mol. The van der Waals surface area contributed by atoms with Crippen molar-refractivity contribution in [2.75, 3.05) is 26.2 Å². The standard InChI is InChI=1S/C25H29N3O3/c26-22(25(31)27-15-23(29)30)16-28-13-11-19(12-14-28)24-20-7-3-1-5-17(20)9-10-18-6-2-4-8-21(18)24/h1-8,22H,9-16,26H2,(H,27,31)(H,29,30)/t22-/m0/s1. The van der Waals surface area contributed by atoms with Gasteiger partial charge in [-0.15, -0.1) is 0 Å². The quantitative estimate of drug-likeness (QED) is 0.691. The number of nitrogens with one attached hydrogen (secondary N) is 1. The minimum Gasteiger partial charge on any atom is -0.480 e. The van der Waals surface area contributed by atoms with Crippen LogP contribution in [-0.2, 0) is 22.4 Å². The molecule has 2 aromatic carbocycles. The van der Waals surface area contributed by atoms with Crippen molar-refractivity contribution >= 4 is 17.4 Å². The van der Waals surface area contributed by atoms with E-state index in [1.54, 1.807) is 0 Å². The van der Waals surface area contributed by atoms with E-state index in [1.807, 2.05) is 0 Å². The maximum atomic E-state index is 12.0. The second-order valence-corrected chi connectivity index (χ2v) is 8.31. The third kappa shape index (κ3) is 4.86. The summed E-state index contributed by atoms with van der Waals surface area (Å²) >= 11 is 0. The molecule has 0 radical (unpaired) electrons. The number of benzene rings is 2. The van der Waals surface area contributed by atoms with Gasteiger partial charge in [0.2, 0.25) is 5.91 Å². The lowest BCUT2D eigenvalue weighted by Crippen LogP contribution is -2.50. The van der Waals surface area contributed by atoms with Crippen molar-refractivity contribution in [3.63, 3.8) is 0 Å². The summed E-state index contributed by atoms with van der Waals surface area (Å²) in [5.74, 6) is -1.49. The molecule has 0 saturated carbocycles. The van der Waals surface area contributed by atoms with Crippen LogP contribution in [0.3, 0.4) is 0 Å². The Bertz CT molecular complexity index is 955. The average molecular weight is 420 g/mol. The van der Waals surface area contributed by atoms with E-state index in [-0.39, 0.29) is 0 Å². The highest BCUT2D eigenvalue weighted by Crippen LogP contribution is 2.38. The van der Waals surface area contributed by atoms with Crippen molar-refractivity contribution in [2.45, 2.75) is 31.7 Å². The first-order valence-corrected chi connectivity index (χ1v) is 10.9. The lowest BCUT2D eigenvalue weighted by molar-refractivity contribution is -0.138. The van der Waals surface area contributed by atoms with Crippen molar-refractivity contribution in [2.24, 2.45) is 5.73 Å². The summed E-state index contributed by atoms with van der Waals surface area (Å²) in [5, 5.41) is 11.1. The summed E-state index contributed by atoms with van der Waals surface area (Å²) in [6, 6.07) is 16.7. The second-order valence-electron chi connectivity index (χ2n) is 8.31. The van der Waals surface area contributed by atoms with Gasteiger partial charge in [0.25, 0.3) is 0 Å². The molecule has 6 nitrogen and oxygen atoms in total. The highest BCUT2D eigenvalue weighted by atomic mass is 16.4. The van der Waals surface area contributed by atoms with E-state index in [4.69, 9.17) is 10.8 Å². The van der Waals surface area contributed by atoms with Crippen LogP contribution in [0.5, 0.6) is 0 Å². The lowest BCUT2D eigenvalue weighted by Gasteiger charge is -2.31. The third-order valence-corrected chi connectivity index (χ3v) is 6.26. The number of carboxylic acids is 1. The molecule has 0 spiro atoms. The Balaban J connectivity index is 1.52. The Kier molecular flexibility index (Phi) is 6.49. The summed E-state index contributed by atoms with van der Waals surface area (Å²) in [7, 11) is 0. The van der Waals surface area contributed by atoms with Crippen molar-refractivity contribution < 1.29 is 14.7 Å². The minimum absolute atomic E-state index is 0.401. The Hall–Kier alpha value is -2.96. The molecule has 6 heteroatoms. The molecule has 1 heterocycles. The van der Waals surface area contributed by atoms with Gasteiger partial charge in [-0.25, -0.2) is 0 Å². The molecule has 2 aromatic rings. The van der Waals surface area contributed by atoms with Gasteiger partial charge in [-0.3, -0.25) is 9.59 Å². The van der Waals surface area contributed by atoms with Gasteiger partial charge in [0.05, 0.1) is 6.04 Å². The van der Waals surface area contributed by atoms with E-state index in [2.05, 4.69) is 58.7 Å². The molecule has 1 fully saturated rings. The molecule has 4 rings (SSSR count). The molecule has 1 atom stereocenters. The molecule has 31 heavy (non-hydrogen) atoms. The molecule has 0 aromatic heterocycles. The number of hydrogen-bond donors (Lipinski definition) is 3. The van der Waals surface area contributed by atoms with Gasteiger partial charge < -0.3 is 21.1 Å². The number of amides is 1. The number of likely N-dealkylation sites (tertiary alicyclic amines) is 1. The fourth-order valence-electron chi connectivity index (χ4n) is 4.67. The van der Waals surface area contributed by atoms with Crippen molar-refractivity contribution in [3.8, 4) is 0 Å². The maximum Gasteiger partial charge on any atom is 0.322 e. The van der Waals surface area contributed by atoms with Crippen LogP contribution in [-0.4, -0.2) is 54.1 Å². The molecule has 1 aliphatic carbocycles. The molecular weight excluding hydrogens is 390 g/mol. The van der Waals surface area contributed by atoms with Crippen LogP contribution in [0.1, 0.15) is 35.1 Å². The molecule has 162 valence electrons. The first-order valence-electron chi connectivity index (χ1n) is 10.9. The Labute approximate surface area is 182 Å². The molecule has 2 aliphatic rings. The van der Waals surface area contributed by atoms with Gasteiger partial charge in [-0.05, 0) is 53.5 Å². The number of fused-ring (bicyclic) bond motifs is 2. The van der Waals surface area contributed by atoms with E-state index in [1.165, 1.54) is 33.4 Å². The SMILES string of the molecule is N[C@@H](CN1CCC(=C2c3ccccc3CCc3ccccc32)CC1)C(=O)NCC(=O)O. The highest BCUT2D eigenvalue weighted by Gasteiger charge is 2.25. The number of aryl methyl sites for hydroxylation is 2. The number of hydrogen-bond acceptors (Lipinski definition) is 4. The van der Waals surface area contributed by atoms with Gasteiger partial charge in [0.15, 0.2) is 0 Å². The van der Waals surface area contributed by atoms with Gasteiger partial charge >= 0.3 is 5.97 Å². The van der Waals surface area contributed by atoms with Gasteiger partial charge in [-0.1, -0.05) is 54.1 Å². The number of carboxylic acid groups (broad SMARTS) is 1. The van der Waals surface area contributed by atoms with Gasteiger partial charge in [0.1, 0.15) is 6.54 Å². The van der Waals surface area contributed by atoms with Crippen LogP contribution in [0, 0.1) is 0 Å². The van der Waals surface area contributed by atoms with E-state index in [0.717, 1.165) is 38.8 Å². The van der Waals surface area contributed by atoms with Crippen molar-refractivity contribution in [3.05, 3.63) is 76.4 Å². The first kappa shape index (κ1) is 21.3. The molecule has 1 amide bonds. The van der Waals surface area contributed by atoms with Crippen molar-refractivity contribution in [1.29, 1.82) is 0 Å². The minimum atomic E-state index is -1.07. The van der Waals surface area contributed by atoms with Gasteiger partial charge in [-0.2, -0.15) is 0 Å². The number of aliphatic carboxylic acids is 1. The largest absolute Gasteiger partial charge is 0.480 e. The predicted octanol–water partition coefficient (Wildman–Crippen LogP) is 2.21. The number of carbonyl (C=O) groups excluding carboxylic acids is 1. The summed E-state index contributed by atoms with van der Waals surface area (Å²) in [6.45, 7) is 1.70. The van der Waals surface area contributed by atoms with Crippen LogP contribution in [0.25, 0.3) is 5.57 Å². The van der Waals surface area contributed by atoms with Crippen LogP contribution >= 0.6 is 0 Å². The first-order chi connectivity index (χ1) is 15.0. The summed E-state index contributed by atoms with van der Waals surface area (Å²) in [5.41, 5.74) is 14.3. The Morgan fingerprint density at radius 3 is 2.03 bits per heavy atom. The lowest BCUT2D eigenvalue weighted by atomic mass is 9.86. The zero-order chi connectivity index (χ0) is 21.8. The van der Waals surface area contributed by atoms with E-state index < -0.39 is 24.5 Å². The molecule has 1 saturated heterocycles. The number of rotatable bonds is 5. The average Bonchev–Trinajstić information content (AvgIpc) is 2.95. The zero-order valence-corrected chi connectivity index (χ0v) is 17.6. The third-order valence-electron chi connectivity index (χ3n) is 6.26. The number of carbonyl (C=O) groups is 2. The number of nitrogens with two attached hydrogens (primary N) is 1. The molecule has 1 aliphatic heterocycles. The van der Waals surface area contributed by atoms with Crippen LogP contribution in [0.4, 0.5) is 0 Å². The fraction of sp³-hybridized carbons (Fsp3) is 0.360.